The third-order valence-corrected chi connectivity index (χ3v) is 2.77. The van der Waals surface area contributed by atoms with E-state index in [0.29, 0.717) is 31.0 Å². The van der Waals surface area contributed by atoms with Crippen LogP contribution in [0.3, 0.4) is 0 Å². The summed E-state index contributed by atoms with van der Waals surface area (Å²) in [5.74, 6) is -0.215. The van der Waals surface area contributed by atoms with Crippen molar-refractivity contribution in [2.24, 2.45) is 0 Å². The van der Waals surface area contributed by atoms with E-state index in [9.17, 15) is 4.79 Å². The summed E-state index contributed by atoms with van der Waals surface area (Å²) in [4.78, 5) is 11.9. The second-order valence-corrected chi connectivity index (χ2v) is 4.05. The largest absolute Gasteiger partial charge is 0.378 e. The van der Waals surface area contributed by atoms with E-state index in [2.05, 4.69) is 10.6 Å². The number of nitrogens with one attached hydrogen (secondary N) is 2. The number of ether oxygens (including phenoxy) is 1. The Balaban J connectivity index is 2.09. The fraction of sp³-hybridized carbons (Fsp3) is 0.308. The average Bonchev–Trinajstić information content (AvgIpc) is 2.48. The third-order valence-electron chi connectivity index (χ3n) is 2.77. The van der Waals surface area contributed by atoms with Crippen molar-refractivity contribution < 1.29 is 9.53 Å². The normalized spacial score (nSPS) is 18.1. The van der Waals surface area contributed by atoms with E-state index in [1.54, 1.807) is 6.07 Å². The molecule has 6 heteroatoms. The fourth-order valence-electron chi connectivity index (χ4n) is 1.78. The molecule has 1 aliphatic rings. The topological polar surface area (TPSA) is 97.9 Å². The summed E-state index contributed by atoms with van der Waals surface area (Å²) < 4.78 is 5.20. The van der Waals surface area contributed by atoms with Crippen LogP contribution in [0.2, 0.25) is 0 Å². The molecule has 1 fully saturated rings. The molecule has 1 aliphatic heterocycles. The molecule has 96 valence electrons. The standard InChI is InChI=1S/C13H12N4O2/c14-6-9-1-2-11(5-10(9)7-15)17-13(18)12-8-19-4-3-16-12/h1-2,5,12,16H,3-4,8H2,(H,17,18). The Morgan fingerprint density at radius 3 is 2.79 bits per heavy atom. The van der Waals surface area contributed by atoms with Crippen LogP contribution in [0.5, 0.6) is 0 Å². The van der Waals surface area contributed by atoms with Crippen molar-refractivity contribution in [2.45, 2.75) is 6.04 Å². The molecule has 0 aliphatic carbocycles. The summed E-state index contributed by atoms with van der Waals surface area (Å²) in [6, 6.07) is 8.05. The molecular weight excluding hydrogens is 244 g/mol. The van der Waals surface area contributed by atoms with Crippen LogP contribution in [-0.2, 0) is 9.53 Å². The zero-order valence-corrected chi connectivity index (χ0v) is 10.1. The summed E-state index contributed by atoms with van der Waals surface area (Å²) in [7, 11) is 0. The Labute approximate surface area is 110 Å². The molecule has 1 saturated heterocycles. The Kier molecular flexibility index (Phi) is 4.09. The summed E-state index contributed by atoms with van der Waals surface area (Å²) in [5, 5.41) is 23.5. The van der Waals surface area contributed by atoms with E-state index >= 15 is 0 Å². The summed E-state index contributed by atoms with van der Waals surface area (Å²) >= 11 is 0. The molecule has 0 spiro atoms. The lowest BCUT2D eigenvalue weighted by Gasteiger charge is -2.22. The number of carbonyl (C=O) groups excluding carboxylic acids is 1. The van der Waals surface area contributed by atoms with Gasteiger partial charge >= 0.3 is 0 Å². The van der Waals surface area contributed by atoms with E-state index in [4.69, 9.17) is 15.3 Å². The predicted octanol–water partition coefficient (Wildman–Crippen LogP) is 0.357. The number of rotatable bonds is 2. The minimum Gasteiger partial charge on any atom is -0.378 e. The van der Waals surface area contributed by atoms with Crippen LogP contribution in [-0.4, -0.2) is 31.7 Å². The monoisotopic (exact) mass is 256 g/mol. The van der Waals surface area contributed by atoms with Gasteiger partial charge in [0, 0.05) is 12.2 Å². The Bertz CT molecular complexity index is 565. The van der Waals surface area contributed by atoms with E-state index < -0.39 is 6.04 Å². The van der Waals surface area contributed by atoms with Crippen molar-refractivity contribution >= 4 is 11.6 Å². The first-order valence-corrected chi connectivity index (χ1v) is 5.81. The highest BCUT2D eigenvalue weighted by Gasteiger charge is 2.21. The Morgan fingerprint density at radius 1 is 1.37 bits per heavy atom. The van der Waals surface area contributed by atoms with Crippen molar-refractivity contribution in [3.63, 3.8) is 0 Å². The van der Waals surface area contributed by atoms with Gasteiger partial charge in [0.05, 0.1) is 24.3 Å². The molecular formula is C13H12N4O2. The maximum absolute atomic E-state index is 11.9. The van der Waals surface area contributed by atoms with Crippen molar-refractivity contribution in [3.8, 4) is 12.1 Å². The van der Waals surface area contributed by atoms with Crippen LogP contribution in [0.1, 0.15) is 11.1 Å². The first-order chi connectivity index (χ1) is 9.24. The molecule has 1 aromatic carbocycles. The van der Waals surface area contributed by atoms with Gasteiger partial charge in [0.1, 0.15) is 18.2 Å². The second-order valence-electron chi connectivity index (χ2n) is 4.05. The van der Waals surface area contributed by atoms with Crippen LogP contribution in [0.15, 0.2) is 18.2 Å². The molecule has 6 nitrogen and oxygen atoms in total. The van der Waals surface area contributed by atoms with Gasteiger partial charge in [0.15, 0.2) is 0 Å². The van der Waals surface area contributed by atoms with Gasteiger partial charge in [-0.05, 0) is 18.2 Å². The first-order valence-electron chi connectivity index (χ1n) is 5.81. The third kappa shape index (κ3) is 3.08. The van der Waals surface area contributed by atoms with Crippen molar-refractivity contribution in [2.75, 3.05) is 25.1 Å². The number of morpholine rings is 1. The average molecular weight is 256 g/mol. The first kappa shape index (κ1) is 13.0. The molecule has 0 bridgehead atoms. The highest BCUT2D eigenvalue weighted by Crippen LogP contribution is 2.15. The number of anilines is 1. The molecule has 1 unspecified atom stereocenters. The molecule has 1 amide bonds. The number of carbonyl (C=O) groups is 1. The van der Waals surface area contributed by atoms with Gasteiger partial charge in [0.25, 0.3) is 0 Å². The van der Waals surface area contributed by atoms with Gasteiger partial charge in [-0.2, -0.15) is 10.5 Å². The lowest BCUT2D eigenvalue weighted by Crippen LogP contribution is -2.48. The Morgan fingerprint density at radius 2 is 2.16 bits per heavy atom. The number of amides is 1. The number of benzene rings is 1. The second kappa shape index (κ2) is 5.96. The van der Waals surface area contributed by atoms with Crippen LogP contribution < -0.4 is 10.6 Å². The van der Waals surface area contributed by atoms with Gasteiger partial charge in [0.2, 0.25) is 5.91 Å². The van der Waals surface area contributed by atoms with E-state index in [1.165, 1.54) is 12.1 Å². The van der Waals surface area contributed by atoms with Crippen molar-refractivity contribution in [1.82, 2.24) is 5.32 Å². The molecule has 19 heavy (non-hydrogen) atoms. The summed E-state index contributed by atoms with van der Waals surface area (Å²) in [6.07, 6.45) is 0. The smallest absolute Gasteiger partial charge is 0.243 e. The van der Waals surface area contributed by atoms with Gasteiger partial charge in [-0.15, -0.1) is 0 Å². The van der Waals surface area contributed by atoms with Gasteiger partial charge in [-0.25, -0.2) is 0 Å². The Hall–Kier alpha value is -2.41. The summed E-state index contributed by atoms with van der Waals surface area (Å²) in [5.41, 5.74) is 1.03. The predicted molar refractivity (Wildman–Crippen MR) is 67.1 cm³/mol. The molecule has 1 atom stereocenters. The molecule has 0 radical (unpaired) electrons. The fourth-order valence-corrected chi connectivity index (χ4v) is 1.78. The quantitative estimate of drug-likeness (QED) is 0.796. The van der Waals surface area contributed by atoms with Crippen LogP contribution in [0.25, 0.3) is 0 Å². The lowest BCUT2D eigenvalue weighted by atomic mass is 10.1. The number of hydrogen-bond donors (Lipinski definition) is 2. The molecule has 2 rings (SSSR count). The lowest BCUT2D eigenvalue weighted by molar-refractivity contribution is -0.120. The zero-order chi connectivity index (χ0) is 13.7. The maximum Gasteiger partial charge on any atom is 0.243 e. The van der Waals surface area contributed by atoms with E-state index in [0.717, 1.165) is 0 Å². The minimum atomic E-state index is -0.394. The van der Waals surface area contributed by atoms with E-state index in [-0.39, 0.29) is 11.5 Å². The molecule has 0 saturated carbocycles. The van der Waals surface area contributed by atoms with Crippen molar-refractivity contribution in [1.29, 1.82) is 10.5 Å². The zero-order valence-electron chi connectivity index (χ0n) is 10.1. The van der Waals surface area contributed by atoms with Crippen molar-refractivity contribution in [3.05, 3.63) is 29.3 Å². The van der Waals surface area contributed by atoms with Crippen LogP contribution >= 0.6 is 0 Å². The molecule has 2 N–H and O–H groups in total. The van der Waals surface area contributed by atoms with Gasteiger partial charge in [-0.3, -0.25) is 4.79 Å². The highest BCUT2D eigenvalue weighted by atomic mass is 16.5. The van der Waals surface area contributed by atoms with Gasteiger partial charge in [-0.1, -0.05) is 0 Å². The SMILES string of the molecule is N#Cc1ccc(NC(=O)C2COCCN2)cc1C#N. The van der Waals surface area contributed by atoms with Crippen LogP contribution in [0, 0.1) is 22.7 Å². The van der Waals surface area contributed by atoms with Gasteiger partial charge < -0.3 is 15.4 Å². The maximum atomic E-state index is 11.9. The highest BCUT2D eigenvalue weighted by molar-refractivity contribution is 5.95. The van der Waals surface area contributed by atoms with Crippen LogP contribution in [0.4, 0.5) is 5.69 Å². The van der Waals surface area contributed by atoms with E-state index in [1.807, 2.05) is 12.1 Å². The number of nitriles is 2. The summed E-state index contributed by atoms with van der Waals surface area (Å²) in [6.45, 7) is 1.56. The molecule has 0 aromatic heterocycles. The molecule has 1 aromatic rings. The minimum absolute atomic E-state index is 0.215. The molecule has 1 heterocycles. The number of hydrogen-bond acceptors (Lipinski definition) is 5. The number of nitrogens with zero attached hydrogens (tertiary/aromatic N) is 2.